The summed E-state index contributed by atoms with van der Waals surface area (Å²) in [5, 5.41) is 3.53. The van der Waals surface area contributed by atoms with Crippen LogP contribution in [0.2, 0.25) is 0 Å². The molecular weight excluding hydrogens is 311 g/mol. The Morgan fingerprint density at radius 2 is 2.23 bits per heavy atom. The highest BCUT2D eigenvalue weighted by atomic mass is 127. The fourth-order valence-corrected chi connectivity index (χ4v) is 3.80. The van der Waals surface area contributed by atoms with Crippen molar-refractivity contribution in [3.05, 3.63) is 26.6 Å². The summed E-state index contributed by atoms with van der Waals surface area (Å²) in [5.74, 6) is 0. The molecule has 3 heteroatoms. The minimum Gasteiger partial charge on any atom is -0.142 e. The van der Waals surface area contributed by atoms with Crippen LogP contribution in [0.25, 0.3) is 10.1 Å². The van der Waals surface area contributed by atoms with Crippen LogP contribution >= 0.6 is 46.6 Å². The molecule has 0 N–H and O–H groups in total. The van der Waals surface area contributed by atoms with Crippen LogP contribution < -0.4 is 0 Å². The van der Waals surface area contributed by atoms with Crippen LogP contribution in [0.4, 0.5) is 0 Å². The monoisotopic (exact) mass is 320 g/mol. The second-order valence-corrected chi connectivity index (χ2v) is 5.38. The first-order valence-electron chi connectivity index (χ1n) is 4.11. The molecule has 0 unspecified atom stereocenters. The van der Waals surface area contributed by atoms with E-state index < -0.39 is 0 Å². The van der Waals surface area contributed by atoms with Gasteiger partial charge < -0.3 is 0 Å². The predicted octanol–water partition coefficient (Wildman–Crippen LogP) is 4.36. The zero-order valence-corrected chi connectivity index (χ0v) is 11.0. The molecule has 68 valence electrons. The number of hydrogen-bond donors (Lipinski definition) is 1. The maximum atomic E-state index is 4.56. The average Bonchev–Trinajstić information content (AvgIpc) is 2.50. The Kier molecular flexibility index (Phi) is 2.86. The number of aryl methyl sites for hydroxylation is 1. The van der Waals surface area contributed by atoms with Crippen molar-refractivity contribution in [1.82, 2.24) is 0 Å². The van der Waals surface area contributed by atoms with Gasteiger partial charge in [0.15, 0.2) is 0 Å². The third-order valence-electron chi connectivity index (χ3n) is 2.13. The van der Waals surface area contributed by atoms with E-state index in [1.807, 2.05) is 0 Å². The lowest BCUT2D eigenvalue weighted by molar-refractivity contribution is 1.10. The Bertz CT molecular complexity index is 445. The fourth-order valence-electron chi connectivity index (χ4n) is 1.38. The van der Waals surface area contributed by atoms with Crippen molar-refractivity contribution in [1.29, 1.82) is 0 Å². The maximum Gasteiger partial charge on any atom is 0.0489 e. The summed E-state index contributed by atoms with van der Waals surface area (Å²) in [6.45, 7) is 2.17. The predicted molar refractivity (Wildman–Crippen MR) is 71.2 cm³/mol. The first-order valence-corrected chi connectivity index (χ1v) is 6.52. The quantitative estimate of drug-likeness (QED) is 0.586. The molecule has 0 nitrogen and oxygen atoms in total. The van der Waals surface area contributed by atoms with E-state index >= 15 is 0 Å². The molecule has 0 saturated carbocycles. The van der Waals surface area contributed by atoms with E-state index in [1.165, 1.54) is 19.2 Å². The van der Waals surface area contributed by atoms with Gasteiger partial charge in [0.05, 0.1) is 0 Å². The summed E-state index contributed by atoms with van der Waals surface area (Å²) in [6.07, 6.45) is 1.06. The molecule has 0 saturated heterocycles. The molecule has 1 aromatic carbocycles. The Balaban J connectivity index is 2.80. The van der Waals surface area contributed by atoms with E-state index in [0.717, 1.165) is 11.3 Å². The number of hydrogen-bond acceptors (Lipinski definition) is 2. The molecule has 0 aliphatic rings. The van der Waals surface area contributed by atoms with Gasteiger partial charge >= 0.3 is 0 Å². The van der Waals surface area contributed by atoms with Crippen LogP contribution in [-0.4, -0.2) is 0 Å². The molecular formula is C10H9IS2. The molecule has 0 spiro atoms. The van der Waals surface area contributed by atoms with Crippen LogP contribution in [-0.2, 0) is 6.42 Å². The second-order valence-electron chi connectivity index (χ2n) is 2.89. The Morgan fingerprint density at radius 3 is 2.92 bits per heavy atom. The Labute approximate surface area is 101 Å². The topological polar surface area (TPSA) is 0 Å². The molecule has 0 atom stereocenters. The van der Waals surface area contributed by atoms with E-state index in [1.54, 1.807) is 11.3 Å². The first-order chi connectivity index (χ1) is 6.24. The second kappa shape index (κ2) is 3.79. The Morgan fingerprint density at radius 1 is 1.46 bits per heavy atom. The summed E-state index contributed by atoms with van der Waals surface area (Å²) in [7, 11) is 0. The van der Waals surface area contributed by atoms with Gasteiger partial charge in [0.25, 0.3) is 0 Å². The van der Waals surface area contributed by atoms with E-state index in [-0.39, 0.29) is 0 Å². The van der Waals surface area contributed by atoms with E-state index in [2.05, 4.69) is 59.7 Å². The van der Waals surface area contributed by atoms with Crippen molar-refractivity contribution in [3.63, 3.8) is 0 Å². The highest BCUT2D eigenvalue weighted by Crippen LogP contribution is 2.34. The number of rotatable bonds is 1. The number of fused-ring (bicyclic) bond motifs is 1. The molecule has 0 bridgehead atoms. The summed E-state index contributed by atoms with van der Waals surface area (Å²) in [4.78, 5) is 1.16. The molecule has 0 amide bonds. The summed E-state index contributed by atoms with van der Waals surface area (Å²) in [6, 6.07) is 4.38. The lowest BCUT2D eigenvalue weighted by Crippen LogP contribution is -1.82. The third-order valence-corrected chi connectivity index (χ3v) is 5.12. The summed E-state index contributed by atoms with van der Waals surface area (Å²) < 4.78 is 2.66. The molecule has 0 fully saturated rings. The van der Waals surface area contributed by atoms with Gasteiger partial charge in [-0.05, 0) is 34.6 Å². The SMILES string of the molecule is CCc1ccc2c(I)csc2c1S. The van der Waals surface area contributed by atoms with Crippen molar-refractivity contribution in [2.75, 3.05) is 0 Å². The van der Waals surface area contributed by atoms with Crippen LogP contribution in [0.3, 0.4) is 0 Å². The van der Waals surface area contributed by atoms with E-state index in [9.17, 15) is 0 Å². The number of thiophene rings is 1. The average molecular weight is 320 g/mol. The zero-order chi connectivity index (χ0) is 9.42. The smallest absolute Gasteiger partial charge is 0.0489 e. The number of benzene rings is 1. The van der Waals surface area contributed by atoms with Gasteiger partial charge in [-0.1, -0.05) is 19.1 Å². The van der Waals surface area contributed by atoms with Crippen molar-refractivity contribution in [2.24, 2.45) is 0 Å². The fraction of sp³-hybridized carbons (Fsp3) is 0.200. The number of thiol groups is 1. The molecule has 13 heavy (non-hydrogen) atoms. The molecule has 2 aromatic rings. The lowest BCUT2D eigenvalue weighted by Gasteiger charge is -2.02. The van der Waals surface area contributed by atoms with Crippen LogP contribution in [0.5, 0.6) is 0 Å². The van der Waals surface area contributed by atoms with E-state index in [4.69, 9.17) is 0 Å². The minimum absolute atomic E-state index is 1.06. The highest BCUT2D eigenvalue weighted by Gasteiger charge is 2.06. The van der Waals surface area contributed by atoms with Gasteiger partial charge in [0, 0.05) is 23.9 Å². The molecule has 0 aliphatic carbocycles. The minimum atomic E-state index is 1.06. The van der Waals surface area contributed by atoms with Crippen LogP contribution in [0.15, 0.2) is 22.4 Å². The first kappa shape index (κ1) is 9.80. The van der Waals surface area contributed by atoms with E-state index in [0.29, 0.717) is 0 Å². The van der Waals surface area contributed by atoms with Crippen molar-refractivity contribution >= 4 is 56.6 Å². The van der Waals surface area contributed by atoms with Crippen LogP contribution in [0.1, 0.15) is 12.5 Å². The molecule has 1 aromatic heterocycles. The standard InChI is InChI=1S/C10H9IS2/c1-2-6-3-4-7-8(11)5-13-10(7)9(6)12/h3-5,12H,2H2,1H3. The largest absolute Gasteiger partial charge is 0.142 e. The van der Waals surface area contributed by atoms with Crippen LogP contribution in [0, 0.1) is 3.57 Å². The molecule has 0 radical (unpaired) electrons. The van der Waals surface area contributed by atoms with Crippen molar-refractivity contribution in [2.45, 2.75) is 18.2 Å². The summed E-state index contributed by atoms with van der Waals surface area (Å²) >= 11 is 8.72. The Hall–Kier alpha value is 0.260. The van der Waals surface area contributed by atoms with Crippen molar-refractivity contribution < 1.29 is 0 Å². The zero-order valence-electron chi connectivity index (χ0n) is 7.17. The van der Waals surface area contributed by atoms with Gasteiger partial charge in [-0.25, -0.2) is 0 Å². The summed E-state index contributed by atoms with van der Waals surface area (Å²) in [5.41, 5.74) is 1.34. The lowest BCUT2D eigenvalue weighted by atomic mass is 10.1. The van der Waals surface area contributed by atoms with Gasteiger partial charge in [-0.15, -0.1) is 24.0 Å². The van der Waals surface area contributed by atoms with Gasteiger partial charge in [0.2, 0.25) is 0 Å². The molecule has 1 heterocycles. The number of halogens is 1. The third kappa shape index (κ3) is 1.62. The normalized spacial score (nSPS) is 11.0. The highest BCUT2D eigenvalue weighted by molar-refractivity contribution is 14.1. The van der Waals surface area contributed by atoms with Crippen molar-refractivity contribution in [3.8, 4) is 0 Å². The molecule has 2 rings (SSSR count). The van der Waals surface area contributed by atoms with Gasteiger partial charge in [0.1, 0.15) is 0 Å². The van der Waals surface area contributed by atoms with Gasteiger partial charge in [-0.2, -0.15) is 0 Å². The molecule has 0 aliphatic heterocycles. The maximum absolute atomic E-state index is 4.56. The van der Waals surface area contributed by atoms with Gasteiger partial charge in [-0.3, -0.25) is 0 Å².